The van der Waals surface area contributed by atoms with E-state index in [1.54, 1.807) is 20.3 Å². The molecule has 3 atom stereocenters. The molecule has 1 amide bonds. The zero-order valence-corrected chi connectivity index (χ0v) is 50.6. The van der Waals surface area contributed by atoms with E-state index in [-0.39, 0.29) is 26.8 Å². The predicted molar refractivity (Wildman–Crippen MR) is 278 cm³/mol. The molecule has 1 heterocycles. The average Bonchev–Trinajstić information content (AvgIpc) is 3.54. The fraction of sp³-hybridized carbons (Fsp3) is 0.737. The fourth-order valence-electron chi connectivity index (χ4n) is 1.62. The van der Waals surface area contributed by atoms with E-state index in [0.29, 0.717) is 21.3 Å². The molecule has 0 spiro atoms. The van der Waals surface area contributed by atoms with Gasteiger partial charge in [0, 0.05) is 47.6 Å². The number of amides is 1. The topological polar surface area (TPSA) is 388 Å². The lowest BCUT2D eigenvalue weighted by atomic mass is 10.2. The lowest BCUT2D eigenvalue weighted by Crippen LogP contribution is -2.37. The predicted octanol–water partition coefficient (Wildman–Crippen LogP) is 3.23. The summed E-state index contributed by atoms with van der Waals surface area (Å²) in [5.41, 5.74) is 1.91. The molecule has 1 aliphatic rings. The maximum atomic E-state index is 10.7. The van der Waals surface area contributed by atoms with Gasteiger partial charge in [0.25, 0.3) is 17.8 Å². The Bertz CT molecular complexity index is 1460. The normalized spacial score (nSPS) is 13.8. The van der Waals surface area contributed by atoms with Crippen molar-refractivity contribution in [3.05, 3.63) is 35.9 Å². The molecule has 1 aliphatic heterocycles. The van der Waals surface area contributed by atoms with Crippen molar-refractivity contribution in [2.45, 2.75) is 49.0 Å². The minimum absolute atomic E-state index is 0. The van der Waals surface area contributed by atoms with Crippen LogP contribution in [0.4, 0.5) is 0 Å². The molecule has 0 saturated heterocycles. The van der Waals surface area contributed by atoms with E-state index in [2.05, 4.69) is 61.0 Å². The Balaban J connectivity index is -0.0000000720. The lowest BCUT2D eigenvalue weighted by Gasteiger charge is -2.25. The number of phosphoric ester groups is 1. The van der Waals surface area contributed by atoms with Crippen LogP contribution in [0.25, 0.3) is 0 Å². The van der Waals surface area contributed by atoms with E-state index in [4.69, 9.17) is 39.4 Å². The molecule has 0 aromatic heterocycles. The van der Waals surface area contributed by atoms with Gasteiger partial charge in [-0.3, -0.25) is 28.5 Å². The lowest BCUT2D eigenvalue weighted by molar-refractivity contribution is -0.887. The molecule has 7 N–H and O–H groups in total. The number of phosphoric acid groups is 1. The minimum Gasteiger partial charge on any atom is -0.632 e. The van der Waals surface area contributed by atoms with E-state index >= 15 is 0 Å². The van der Waals surface area contributed by atoms with Gasteiger partial charge in [0.1, 0.15) is 6.67 Å². The summed E-state index contributed by atoms with van der Waals surface area (Å²) >= 11 is 0. The van der Waals surface area contributed by atoms with Gasteiger partial charge in [-0.25, -0.2) is 23.4 Å². The van der Waals surface area contributed by atoms with Crippen LogP contribution in [-0.2, 0) is 55.2 Å². The van der Waals surface area contributed by atoms with Crippen molar-refractivity contribution in [1.29, 1.82) is 0 Å². The summed E-state index contributed by atoms with van der Waals surface area (Å²) in [5.74, 6) is -1.71. The van der Waals surface area contributed by atoms with E-state index in [1.165, 1.54) is 60.7 Å². The number of quaternary nitrogens is 2. The largest absolute Gasteiger partial charge is 0.632 e. The van der Waals surface area contributed by atoms with Crippen molar-refractivity contribution in [3.8, 4) is 0 Å². The molecular formula is C38H94N4O22P6+2. The molecule has 32 heteroatoms. The summed E-state index contributed by atoms with van der Waals surface area (Å²) in [6.07, 6.45) is 0. The molecule has 426 valence electrons. The number of carboxylic acid groups (broad SMARTS) is 2. The van der Waals surface area contributed by atoms with Gasteiger partial charge in [0.15, 0.2) is 14.7 Å². The number of hydrogen-bond donors (Lipinski definition) is 7. The van der Waals surface area contributed by atoms with Crippen molar-refractivity contribution < 1.29 is 114 Å². The van der Waals surface area contributed by atoms with E-state index in [1.807, 2.05) is 74.3 Å². The Kier molecular flexibility index (Phi) is 63.7. The quantitative estimate of drug-likeness (QED) is 0.0950. The minimum atomic E-state index is -3.79. The summed E-state index contributed by atoms with van der Waals surface area (Å²) in [6, 6.07) is 10.3. The summed E-state index contributed by atoms with van der Waals surface area (Å²) in [5, 5.41) is 17.4. The van der Waals surface area contributed by atoms with E-state index < -0.39 is 58.7 Å². The Morgan fingerprint density at radius 1 is 0.700 bits per heavy atom. The summed E-state index contributed by atoms with van der Waals surface area (Å²) in [6.45, 7) is 20.3. The standard InChI is InChI=1S/C7H8.C5H14NO4P.C5H14NO3P.C4H6N2O.C3H9O3P.C3H9O2P.C2H7O3P.C2H7O2P.2C2H4O2.C2H6.CH4/c1-7-5-3-2-4-6-7;1-6(2,3)5-10-11(7,8)9-4;1-6(2,3)5-9-10(4,7)8;1-3-4(7)6-2-5-3;1-5-7(3,4)6-2;2*1-5-6(2,3)4;1-5(2,3)4;2*1-2(3)4;1-2;/h2-6H,1H3;5H2,1-4H3;5H2,1-4H3;2H2,1H3,(H,6,7);1-3H3;1-3H3;1-2H3,(H,3,4);1-2H3,(H,3,4);2*1H3,(H,3,4);1-2H3;1H4/p+2. The molecule has 26 nitrogen and oxygen atoms in total. The number of carboxylic acids is 2. The molecule has 2 rings (SSSR count). The highest BCUT2D eigenvalue weighted by Crippen LogP contribution is 2.46. The van der Waals surface area contributed by atoms with Crippen LogP contribution in [0, 0.1) is 6.92 Å². The SMILES string of the molecule is C.CC.CC(=O)O.CC(=O)O.CC1=NCNC1=O.COP(C)(C)=O.CO[P+](C)([O-])O.CO[P+](C)([O-])OC.CO[P+]([O-])(O)OC[N+](C)(C)C.CP(C)(=O)O.C[N+](C)(C)CO[P+](C)([O-])O.Cc1ccccc1. The van der Waals surface area contributed by atoms with Crippen LogP contribution in [0.2, 0.25) is 0 Å². The van der Waals surface area contributed by atoms with Crippen LogP contribution < -0.4 is 24.9 Å². The molecule has 1 aromatic rings. The number of nitrogens with one attached hydrogen (secondary N) is 1. The molecule has 0 radical (unpaired) electrons. The Hall–Kier alpha value is -1.20. The zero-order chi connectivity index (χ0) is 57.9. The highest BCUT2D eigenvalue weighted by Gasteiger charge is 2.28. The number of benzene rings is 1. The monoisotopic (exact) mass is 1140 g/mol. The van der Waals surface area contributed by atoms with Crippen molar-refractivity contribution in [1.82, 2.24) is 5.32 Å². The molecule has 0 fully saturated rings. The summed E-state index contributed by atoms with van der Waals surface area (Å²) < 4.78 is 52.0. The van der Waals surface area contributed by atoms with Gasteiger partial charge in [-0.1, -0.05) is 57.2 Å². The first-order valence-electron chi connectivity index (χ1n) is 19.6. The van der Waals surface area contributed by atoms with Crippen molar-refractivity contribution >= 4 is 70.3 Å². The highest BCUT2D eigenvalue weighted by molar-refractivity contribution is 7.58. The molecule has 70 heavy (non-hydrogen) atoms. The van der Waals surface area contributed by atoms with Crippen LogP contribution in [0.3, 0.4) is 0 Å². The van der Waals surface area contributed by atoms with Crippen molar-refractivity contribution in [2.75, 3.05) is 145 Å². The van der Waals surface area contributed by atoms with Crippen LogP contribution in [0.5, 0.6) is 0 Å². The van der Waals surface area contributed by atoms with Crippen LogP contribution in [-0.4, -0.2) is 207 Å². The Morgan fingerprint density at radius 3 is 1.09 bits per heavy atom. The number of carbonyl (C=O) groups excluding carboxylic acids is 1. The molecule has 3 unspecified atom stereocenters. The smallest absolute Gasteiger partial charge is 0.383 e. The number of aryl methyl sites for hydroxylation is 1. The molecule has 0 aliphatic carbocycles. The maximum Gasteiger partial charge on any atom is 0.383 e. The van der Waals surface area contributed by atoms with Crippen LogP contribution >= 0.6 is 46.7 Å². The van der Waals surface area contributed by atoms with Crippen molar-refractivity contribution in [2.24, 2.45) is 4.99 Å². The Labute approximate surface area is 422 Å². The molecule has 1 aromatic carbocycles. The van der Waals surface area contributed by atoms with Gasteiger partial charge in [-0.2, -0.15) is 13.9 Å². The first-order valence-corrected chi connectivity index (χ1v) is 32.2. The van der Waals surface area contributed by atoms with Gasteiger partial charge in [-0.05, 0) is 13.8 Å². The second-order valence-corrected chi connectivity index (χ2v) is 28.6. The number of aliphatic imine (C=N–C) groups is 1. The number of hydrogen-bond acceptors (Lipinski definition) is 20. The van der Waals surface area contributed by atoms with Gasteiger partial charge in [-0.15, -0.1) is 4.52 Å². The summed E-state index contributed by atoms with van der Waals surface area (Å²) in [7, 11) is 0.0115. The molecule has 0 saturated carbocycles. The van der Waals surface area contributed by atoms with Gasteiger partial charge < -0.3 is 53.5 Å². The zero-order valence-electron chi connectivity index (χ0n) is 45.2. The van der Waals surface area contributed by atoms with E-state index in [0.717, 1.165) is 27.6 Å². The highest BCUT2D eigenvalue weighted by atomic mass is 31.2. The summed E-state index contributed by atoms with van der Waals surface area (Å²) in [4.78, 5) is 108. The third-order valence-corrected chi connectivity index (χ3v) is 9.17. The second-order valence-electron chi connectivity index (χ2n) is 15.5. The van der Waals surface area contributed by atoms with Crippen LogP contribution in [0.1, 0.15) is 47.6 Å². The Morgan fingerprint density at radius 2 is 0.986 bits per heavy atom. The molecule has 0 bridgehead atoms. The third-order valence-electron chi connectivity index (χ3n) is 4.79. The van der Waals surface area contributed by atoms with Crippen LogP contribution in [0.15, 0.2) is 35.3 Å². The van der Waals surface area contributed by atoms with Gasteiger partial charge >= 0.3 is 8.17 Å². The first-order chi connectivity index (χ1) is 30.4. The van der Waals surface area contributed by atoms with Gasteiger partial charge in [0.05, 0.1) is 96.4 Å². The average molecular weight is 1150 g/mol. The third kappa shape index (κ3) is 138. The van der Waals surface area contributed by atoms with E-state index in [9.17, 15) is 33.5 Å². The fourth-order valence-corrected chi connectivity index (χ4v) is 2.93. The number of rotatable bonds is 11. The first kappa shape index (κ1) is 91.5. The number of nitrogens with zero attached hydrogens (tertiary/aromatic N) is 3. The number of aliphatic carboxylic acids is 2. The van der Waals surface area contributed by atoms with Crippen molar-refractivity contribution in [3.63, 3.8) is 0 Å². The maximum absolute atomic E-state index is 10.7. The molecular weight excluding hydrogens is 1050 g/mol. The van der Waals surface area contributed by atoms with Gasteiger partial charge in [0.2, 0.25) is 37.3 Å². The second kappa shape index (κ2) is 48.7. The number of carbonyl (C=O) groups is 3.